The Labute approximate surface area is 53.2 Å². The maximum atomic E-state index is 10.0. The van der Waals surface area contributed by atoms with Crippen LogP contribution in [0.25, 0.3) is 0 Å². The first-order chi connectivity index (χ1) is 3.79. The molecule has 1 aliphatic rings. The summed E-state index contributed by atoms with van der Waals surface area (Å²) in [6.45, 7) is 0.766. The van der Waals surface area contributed by atoms with Crippen molar-refractivity contribution in [2.75, 3.05) is 6.54 Å². The number of hydrogen-bond donors (Lipinski definition) is 1. The largest absolute Gasteiger partial charge is 0.342 e. The van der Waals surface area contributed by atoms with Gasteiger partial charge in [0.1, 0.15) is 0 Å². The number of halogens is 1. The van der Waals surface area contributed by atoms with Gasteiger partial charge >= 0.3 is 5.37 Å². The topological polar surface area (TPSA) is 29.1 Å². The number of rotatable bonds is 2. The zero-order valence-electron chi connectivity index (χ0n) is 4.48. The summed E-state index contributed by atoms with van der Waals surface area (Å²) in [5, 5.41) is 2.10. The Morgan fingerprint density at radius 2 is 2.38 bits per heavy atom. The molecular weight excluding hydrogens is 126 g/mol. The smallest absolute Gasteiger partial charge is 0.313 e. The first-order valence-electron chi connectivity index (χ1n) is 2.72. The number of amides is 1. The molecular formula is C5H8ClNO. The average Bonchev–Trinajstić information content (AvgIpc) is 2.41. The summed E-state index contributed by atoms with van der Waals surface area (Å²) in [6, 6.07) is 0. The molecule has 3 heteroatoms. The second kappa shape index (κ2) is 2.35. The number of carbonyl (C=O) groups is 1. The Balaban J connectivity index is 1.95. The molecule has 1 aliphatic carbocycles. The highest BCUT2D eigenvalue weighted by molar-refractivity contribution is 6.62. The molecule has 46 valence electrons. The van der Waals surface area contributed by atoms with Gasteiger partial charge in [-0.25, -0.2) is 0 Å². The van der Waals surface area contributed by atoms with Crippen LogP contribution in [0.3, 0.4) is 0 Å². The van der Waals surface area contributed by atoms with Gasteiger partial charge in [-0.3, -0.25) is 4.79 Å². The lowest BCUT2D eigenvalue weighted by Gasteiger charge is -1.93. The van der Waals surface area contributed by atoms with E-state index in [1.807, 2.05) is 0 Å². The number of hydrogen-bond acceptors (Lipinski definition) is 1. The molecule has 0 spiro atoms. The first-order valence-corrected chi connectivity index (χ1v) is 3.10. The second-order valence-corrected chi connectivity index (χ2v) is 2.44. The molecule has 0 saturated heterocycles. The maximum Gasteiger partial charge on any atom is 0.313 e. The van der Waals surface area contributed by atoms with Crippen LogP contribution in [0.4, 0.5) is 4.79 Å². The van der Waals surface area contributed by atoms with Crippen molar-refractivity contribution in [3.05, 3.63) is 0 Å². The standard InChI is InChI=1S/C5H8ClNO/c6-5(8)7-3-4-1-2-4/h4H,1-3H2,(H,7,8). The molecule has 8 heavy (non-hydrogen) atoms. The van der Waals surface area contributed by atoms with Crippen LogP contribution in [0.5, 0.6) is 0 Å². The van der Waals surface area contributed by atoms with Crippen LogP contribution in [0, 0.1) is 5.92 Å². The van der Waals surface area contributed by atoms with Crippen LogP contribution < -0.4 is 5.32 Å². The normalized spacial score (nSPS) is 18.1. The van der Waals surface area contributed by atoms with Crippen LogP contribution in [-0.4, -0.2) is 11.9 Å². The van der Waals surface area contributed by atoms with Gasteiger partial charge < -0.3 is 5.32 Å². The van der Waals surface area contributed by atoms with Gasteiger partial charge in [-0.15, -0.1) is 0 Å². The third-order valence-electron chi connectivity index (χ3n) is 1.23. The summed E-state index contributed by atoms with van der Waals surface area (Å²) in [5.74, 6) is 0.720. The van der Waals surface area contributed by atoms with Crippen LogP contribution in [0.1, 0.15) is 12.8 Å². The van der Waals surface area contributed by atoms with E-state index < -0.39 is 5.37 Å². The highest BCUT2D eigenvalue weighted by Gasteiger charge is 2.20. The second-order valence-electron chi connectivity index (χ2n) is 2.10. The Morgan fingerprint density at radius 3 is 2.75 bits per heavy atom. The Hall–Kier alpha value is -0.240. The molecule has 0 bridgehead atoms. The van der Waals surface area contributed by atoms with Crippen molar-refractivity contribution in [1.82, 2.24) is 5.32 Å². The van der Waals surface area contributed by atoms with E-state index in [-0.39, 0.29) is 0 Å². The molecule has 1 N–H and O–H groups in total. The van der Waals surface area contributed by atoms with E-state index >= 15 is 0 Å². The van der Waals surface area contributed by atoms with E-state index in [2.05, 4.69) is 5.32 Å². The van der Waals surface area contributed by atoms with Crippen molar-refractivity contribution in [2.45, 2.75) is 12.8 Å². The highest BCUT2D eigenvalue weighted by atomic mass is 35.5. The minimum absolute atomic E-state index is 0.433. The van der Waals surface area contributed by atoms with Crippen molar-refractivity contribution in [3.63, 3.8) is 0 Å². The predicted molar refractivity (Wildman–Crippen MR) is 32.0 cm³/mol. The third-order valence-corrected chi connectivity index (χ3v) is 1.36. The van der Waals surface area contributed by atoms with Gasteiger partial charge in [0.05, 0.1) is 0 Å². The number of carbonyl (C=O) groups excluding carboxylic acids is 1. The minimum Gasteiger partial charge on any atom is -0.342 e. The minimum atomic E-state index is -0.433. The lowest BCUT2D eigenvalue weighted by Crippen LogP contribution is -2.18. The van der Waals surface area contributed by atoms with Gasteiger partial charge in [0.15, 0.2) is 0 Å². The molecule has 0 aromatic rings. The van der Waals surface area contributed by atoms with Crippen molar-refractivity contribution in [3.8, 4) is 0 Å². The van der Waals surface area contributed by atoms with Gasteiger partial charge in [0.2, 0.25) is 0 Å². The third kappa shape index (κ3) is 2.17. The van der Waals surface area contributed by atoms with Gasteiger partial charge in [-0.1, -0.05) is 0 Å². The van der Waals surface area contributed by atoms with Crippen LogP contribution in [0.15, 0.2) is 0 Å². The Morgan fingerprint density at radius 1 is 1.75 bits per heavy atom. The summed E-state index contributed by atoms with van der Waals surface area (Å²) >= 11 is 5.00. The van der Waals surface area contributed by atoms with Crippen LogP contribution in [-0.2, 0) is 0 Å². The van der Waals surface area contributed by atoms with E-state index in [1.54, 1.807) is 0 Å². The lowest BCUT2D eigenvalue weighted by atomic mass is 10.4. The Bertz CT molecular complexity index is 101. The lowest BCUT2D eigenvalue weighted by molar-refractivity contribution is 0.259. The summed E-state index contributed by atoms with van der Waals surface area (Å²) < 4.78 is 0. The molecule has 0 aliphatic heterocycles. The van der Waals surface area contributed by atoms with E-state index in [9.17, 15) is 4.79 Å². The average molecular weight is 134 g/mol. The maximum absolute atomic E-state index is 10.0. The fourth-order valence-electron chi connectivity index (χ4n) is 0.547. The molecule has 0 unspecified atom stereocenters. The molecule has 1 fully saturated rings. The fourth-order valence-corrected chi connectivity index (χ4v) is 0.624. The molecule has 0 radical (unpaired) electrons. The van der Waals surface area contributed by atoms with Crippen molar-refractivity contribution < 1.29 is 4.79 Å². The summed E-state index contributed by atoms with van der Waals surface area (Å²) in [5.41, 5.74) is 0. The van der Waals surface area contributed by atoms with Crippen LogP contribution >= 0.6 is 11.6 Å². The van der Waals surface area contributed by atoms with Crippen molar-refractivity contribution in [2.24, 2.45) is 5.92 Å². The van der Waals surface area contributed by atoms with E-state index in [4.69, 9.17) is 11.6 Å². The Kier molecular flexibility index (Phi) is 1.73. The molecule has 1 amide bonds. The van der Waals surface area contributed by atoms with Crippen molar-refractivity contribution in [1.29, 1.82) is 0 Å². The quantitative estimate of drug-likeness (QED) is 0.447. The highest BCUT2D eigenvalue weighted by Crippen LogP contribution is 2.27. The van der Waals surface area contributed by atoms with Crippen molar-refractivity contribution >= 4 is 17.0 Å². The summed E-state index contributed by atoms with van der Waals surface area (Å²) in [6.07, 6.45) is 2.49. The van der Waals surface area contributed by atoms with E-state index in [0.717, 1.165) is 12.5 Å². The fraction of sp³-hybridized carbons (Fsp3) is 0.800. The summed E-state index contributed by atoms with van der Waals surface area (Å²) in [7, 11) is 0. The van der Waals surface area contributed by atoms with Gasteiger partial charge in [-0.05, 0) is 30.4 Å². The first kappa shape index (κ1) is 5.89. The van der Waals surface area contributed by atoms with E-state index in [0.29, 0.717) is 0 Å². The van der Waals surface area contributed by atoms with Gasteiger partial charge in [0.25, 0.3) is 0 Å². The molecule has 0 aromatic heterocycles. The zero-order chi connectivity index (χ0) is 5.98. The van der Waals surface area contributed by atoms with Gasteiger partial charge in [-0.2, -0.15) is 0 Å². The monoisotopic (exact) mass is 133 g/mol. The molecule has 0 heterocycles. The molecule has 1 rings (SSSR count). The predicted octanol–water partition coefficient (Wildman–Crippen LogP) is 1.34. The van der Waals surface area contributed by atoms with Crippen LogP contribution in [0.2, 0.25) is 0 Å². The summed E-state index contributed by atoms with van der Waals surface area (Å²) in [4.78, 5) is 10.0. The zero-order valence-corrected chi connectivity index (χ0v) is 5.24. The SMILES string of the molecule is O=C(Cl)NCC1CC1. The molecule has 0 atom stereocenters. The molecule has 0 aromatic carbocycles. The number of nitrogens with one attached hydrogen (secondary N) is 1. The van der Waals surface area contributed by atoms with E-state index in [1.165, 1.54) is 12.8 Å². The molecule has 1 saturated carbocycles. The molecule has 2 nitrogen and oxygen atoms in total. The van der Waals surface area contributed by atoms with Gasteiger partial charge in [0, 0.05) is 6.54 Å².